The maximum atomic E-state index is 11.7. The first-order valence-corrected chi connectivity index (χ1v) is 7.13. The molecule has 2 rings (SSSR count). The van der Waals surface area contributed by atoms with Crippen molar-refractivity contribution < 1.29 is 14.6 Å². The second-order valence-electron chi connectivity index (χ2n) is 5.32. The molecule has 3 heteroatoms. The van der Waals surface area contributed by atoms with Crippen LogP contribution in [-0.4, -0.2) is 17.2 Å². The highest BCUT2D eigenvalue weighted by atomic mass is 16.5. The first-order valence-electron chi connectivity index (χ1n) is 7.13. The number of aliphatic hydroxyl groups is 1. The zero-order valence-corrected chi connectivity index (χ0v) is 11.3. The second-order valence-corrected chi connectivity index (χ2v) is 5.32. The van der Waals surface area contributed by atoms with E-state index in [-0.39, 0.29) is 24.9 Å². The molecule has 0 aromatic heterocycles. The molecule has 0 bridgehead atoms. The van der Waals surface area contributed by atoms with Gasteiger partial charge >= 0.3 is 5.97 Å². The van der Waals surface area contributed by atoms with Gasteiger partial charge in [-0.05, 0) is 24.3 Å². The number of esters is 1. The van der Waals surface area contributed by atoms with E-state index in [0.717, 1.165) is 18.4 Å². The Balaban J connectivity index is 1.71. The minimum Gasteiger partial charge on any atom is -0.461 e. The molecule has 1 fully saturated rings. The summed E-state index contributed by atoms with van der Waals surface area (Å²) in [6.07, 6.45) is 5.24. The van der Waals surface area contributed by atoms with E-state index in [1.54, 1.807) is 0 Å². The Morgan fingerprint density at radius 2 is 1.89 bits per heavy atom. The van der Waals surface area contributed by atoms with Gasteiger partial charge in [-0.1, -0.05) is 49.6 Å². The van der Waals surface area contributed by atoms with Gasteiger partial charge in [-0.3, -0.25) is 4.79 Å². The standard InChI is InChI=1S/C16H22O3/c17-15(14-9-5-2-6-10-14)11-16(18)19-12-13-7-3-1-4-8-13/h1,3-4,7-8,14-15,17H,2,5-6,9-12H2/t15-/m1/s1. The number of carbonyl (C=O) groups excluding carboxylic acids is 1. The minimum absolute atomic E-state index is 0.123. The Morgan fingerprint density at radius 3 is 2.58 bits per heavy atom. The van der Waals surface area contributed by atoms with Crippen molar-refractivity contribution >= 4 is 5.97 Å². The molecule has 0 spiro atoms. The average molecular weight is 262 g/mol. The SMILES string of the molecule is O=C(C[C@@H](O)C1CCCCC1)OCc1ccccc1. The van der Waals surface area contributed by atoms with Crippen LogP contribution in [-0.2, 0) is 16.1 Å². The smallest absolute Gasteiger partial charge is 0.308 e. The monoisotopic (exact) mass is 262 g/mol. The van der Waals surface area contributed by atoms with Crippen LogP contribution in [0.4, 0.5) is 0 Å². The lowest BCUT2D eigenvalue weighted by Crippen LogP contribution is -2.26. The molecule has 0 amide bonds. The first kappa shape index (κ1) is 14.1. The predicted molar refractivity (Wildman–Crippen MR) is 73.4 cm³/mol. The Morgan fingerprint density at radius 1 is 1.21 bits per heavy atom. The average Bonchev–Trinajstić information content (AvgIpc) is 2.47. The van der Waals surface area contributed by atoms with Gasteiger partial charge in [0, 0.05) is 0 Å². The maximum Gasteiger partial charge on any atom is 0.308 e. The van der Waals surface area contributed by atoms with Gasteiger partial charge in [-0.15, -0.1) is 0 Å². The topological polar surface area (TPSA) is 46.5 Å². The third kappa shape index (κ3) is 4.67. The van der Waals surface area contributed by atoms with Crippen LogP contribution in [0.15, 0.2) is 30.3 Å². The molecule has 0 aliphatic heterocycles. The van der Waals surface area contributed by atoms with E-state index in [4.69, 9.17) is 4.74 Å². The predicted octanol–water partition coefficient (Wildman–Crippen LogP) is 3.06. The highest BCUT2D eigenvalue weighted by molar-refractivity contribution is 5.70. The fraction of sp³-hybridized carbons (Fsp3) is 0.562. The second kappa shape index (κ2) is 7.29. The van der Waals surface area contributed by atoms with E-state index in [1.165, 1.54) is 19.3 Å². The van der Waals surface area contributed by atoms with E-state index in [0.29, 0.717) is 0 Å². The lowest BCUT2D eigenvalue weighted by Gasteiger charge is -2.25. The van der Waals surface area contributed by atoms with Crippen molar-refractivity contribution in [1.29, 1.82) is 0 Å². The van der Waals surface area contributed by atoms with Crippen LogP contribution in [0.2, 0.25) is 0 Å². The third-order valence-electron chi connectivity index (χ3n) is 3.81. The maximum absolute atomic E-state index is 11.7. The van der Waals surface area contributed by atoms with Crippen molar-refractivity contribution in [3.8, 4) is 0 Å². The first-order chi connectivity index (χ1) is 9.25. The van der Waals surface area contributed by atoms with Crippen LogP contribution in [0, 0.1) is 5.92 Å². The van der Waals surface area contributed by atoms with Crippen molar-refractivity contribution in [3.05, 3.63) is 35.9 Å². The molecule has 1 aliphatic rings. The third-order valence-corrected chi connectivity index (χ3v) is 3.81. The van der Waals surface area contributed by atoms with Gasteiger partial charge < -0.3 is 9.84 Å². The number of hydrogen-bond donors (Lipinski definition) is 1. The molecule has 1 aromatic rings. The number of rotatable bonds is 5. The van der Waals surface area contributed by atoms with Gasteiger partial charge in [0.2, 0.25) is 0 Å². The summed E-state index contributed by atoms with van der Waals surface area (Å²) in [7, 11) is 0. The zero-order valence-electron chi connectivity index (χ0n) is 11.3. The molecule has 3 nitrogen and oxygen atoms in total. The van der Waals surface area contributed by atoms with E-state index in [2.05, 4.69) is 0 Å². The van der Waals surface area contributed by atoms with Crippen molar-refractivity contribution in [2.45, 2.75) is 51.2 Å². The summed E-state index contributed by atoms with van der Waals surface area (Å²) in [5.41, 5.74) is 0.975. The molecule has 1 aliphatic carbocycles. The van der Waals surface area contributed by atoms with Crippen LogP contribution in [0.3, 0.4) is 0 Å². The van der Waals surface area contributed by atoms with E-state index >= 15 is 0 Å². The molecular weight excluding hydrogens is 240 g/mol. The van der Waals surface area contributed by atoms with Crippen molar-refractivity contribution in [3.63, 3.8) is 0 Å². The van der Waals surface area contributed by atoms with Gasteiger partial charge in [0.15, 0.2) is 0 Å². The van der Waals surface area contributed by atoms with Gasteiger partial charge in [0.05, 0.1) is 12.5 Å². The highest BCUT2D eigenvalue weighted by Gasteiger charge is 2.24. The van der Waals surface area contributed by atoms with Gasteiger partial charge in [0.1, 0.15) is 6.61 Å². The molecule has 0 radical (unpaired) electrons. The summed E-state index contributed by atoms with van der Waals surface area (Å²) >= 11 is 0. The number of carbonyl (C=O) groups is 1. The fourth-order valence-corrected chi connectivity index (χ4v) is 2.65. The Hall–Kier alpha value is -1.35. The summed E-state index contributed by atoms with van der Waals surface area (Å²) in [5.74, 6) is -0.0278. The molecule has 1 aromatic carbocycles. The molecule has 0 saturated heterocycles. The Kier molecular flexibility index (Phi) is 5.40. The van der Waals surface area contributed by atoms with E-state index in [1.807, 2.05) is 30.3 Å². The Labute approximate surface area is 114 Å². The van der Waals surface area contributed by atoms with Gasteiger partial charge in [0.25, 0.3) is 0 Å². The molecular formula is C16H22O3. The van der Waals surface area contributed by atoms with Crippen molar-refractivity contribution in [2.75, 3.05) is 0 Å². The van der Waals surface area contributed by atoms with Crippen LogP contribution >= 0.6 is 0 Å². The molecule has 104 valence electrons. The number of aliphatic hydroxyl groups excluding tert-OH is 1. The highest BCUT2D eigenvalue weighted by Crippen LogP contribution is 2.27. The molecule has 1 N–H and O–H groups in total. The van der Waals surface area contributed by atoms with Gasteiger partial charge in [-0.2, -0.15) is 0 Å². The summed E-state index contributed by atoms with van der Waals surface area (Å²) in [6, 6.07) is 9.61. The van der Waals surface area contributed by atoms with E-state index in [9.17, 15) is 9.90 Å². The van der Waals surface area contributed by atoms with Crippen LogP contribution in [0.5, 0.6) is 0 Å². The Bertz CT molecular complexity index is 382. The molecule has 0 unspecified atom stereocenters. The lowest BCUT2D eigenvalue weighted by atomic mass is 9.84. The van der Waals surface area contributed by atoms with Crippen molar-refractivity contribution in [1.82, 2.24) is 0 Å². The van der Waals surface area contributed by atoms with E-state index < -0.39 is 6.10 Å². The largest absolute Gasteiger partial charge is 0.461 e. The molecule has 1 atom stereocenters. The molecule has 1 saturated carbocycles. The number of hydrogen-bond acceptors (Lipinski definition) is 3. The fourth-order valence-electron chi connectivity index (χ4n) is 2.65. The normalized spacial score (nSPS) is 17.9. The van der Waals surface area contributed by atoms with Gasteiger partial charge in [-0.25, -0.2) is 0 Å². The quantitative estimate of drug-likeness (QED) is 0.830. The zero-order chi connectivity index (χ0) is 13.5. The number of ether oxygens (including phenoxy) is 1. The minimum atomic E-state index is -0.538. The van der Waals surface area contributed by atoms with Crippen LogP contribution < -0.4 is 0 Å². The molecule has 19 heavy (non-hydrogen) atoms. The van der Waals surface area contributed by atoms with Crippen LogP contribution in [0.1, 0.15) is 44.1 Å². The van der Waals surface area contributed by atoms with Crippen LogP contribution in [0.25, 0.3) is 0 Å². The van der Waals surface area contributed by atoms with Crippen molar-refractivity contribution in [2.24, 2.45) is 5.92 Å². The lowest BCUT2D eigenvalue weighted by molar-refractivity contribution is -0.148. The summed E-state index contributed by atoms with van der Waals surface area (Å²) in [6.45, 7) is 0.289. The molecule has 0 heterocycles. The summed E-state index contributed by atoms with van der Waals surface area (Å²) in [5, 5.41) is 10.0. The summed E-state index contributed by atoms with van der Waals surface area (Å²) < 4.78 is 5.19. The summed E-state index contributed by atoms with van der Waals surface area (Å²) in [4.78, 5) is 11.7. The number of benzene rings is 1.